The third-order valence-electron chi connectivity index (χ3n) is 3.72. The van der Waals surface area contributed by atoms with Gasteiger partial charge in [-0.05, 0) is 30.7 Å². The number of aryl methyl sites for hydroxylation is 1. The molecule has 0 aliphatic heterocycles. The van der Waals surface area contributed by atoms with Crippen LogP contribution in [0.15, 0.2) is 35.2 Å². The predicted octanol–water partition coefficient (Wildman–Crippen LogP) is 3.49. The summed E-state index contributed by atoms with van der Waals surface area (Å²) in [5, 5.41) is 0.311. The Hall–Kier alpha value is -2.16. The smallest absolute Gasteiger partial charge is 0.262 e. The fourth-order valence-electron chi connectivity index (χ4n) is 2.33. The minimum absolute atomic E-state index is 0.0926. The highest BCUT2D eigenvalue weighted by Crippen LogP contribution is 2.37. The van der Waals surface area contributed by atoms with Gasteiger partial charge in [0.15, 0.2) is 0 Å². The number of anilines is 1. The Morgan fingerprint density at radius 2 is 1.67 bits per heavy atom. The molecule has 0 spiro atoms. The van der Waals surface area contributed by atoms with Crippen LogP contribution in [0.2, 0.25) is 5.02 Å². The summed E-state index contributed by atoms with van der Waals surface area (Å²) in [6.45, 7) is 2.59. The van der Waals surface area contributed by atoms with E-state index in [0.29, 0.717) is 35.3 Å². The van der Waals surface area contributed by atoms with Gasteiger partial charge in [0.1, 0.15) is 23.9 Å². The molecule has 0 aliphatic carbocycles. The monoisotopic (exact) mass is 415 g/mol. The average Bonchev–Trinajstić information content (AvgIpc) is 2.64. The minimum atomic E-state index is -3.86. The number of hydrogen-bond acceptors (Lipinski definition) is 6. The summed E-state index contributed by atoms with van der Waals surface area (Å²) in [6.07, 6.45) is 0. The first-order valence-corrected chi connectivity index (χ1v) is 9.85. The predicted molar refractivity (Wildman–Crippen MR) is 104 cm³/mol. The summed E-state index contributed by atoms with van der Waals surface area (Å²) in [5.74, 6) is 1.20. The zero-order valence-electron chi connectivity index (χ0n) is 15.5. The van der Waals surface area contributed by atoms with Crippen LogP contribution in [-0.4, -0.2) is 43.0 Å². The SMILES string of the molecule is COCCOc1ccc(S(=O)(=O)Nc2cc(OC)c(Cl)cc2OC)cc1C. The van der Waals surface area contributed by atoms with E-state index in [1.165, 1.54) is 38.5 Å². The van der Waals surface area contributed by atoms with Crippen molar-refractivity contribution in [1.82, 2.24) is 0 Å². The maximum Gasteiger partial charge on any atom is 0.262 e. The van der Waals surface area contributed by atoms with Gasteiger partial charge in [0, 0.05) is 19.2 Å². The maximum absolute atomic E-state index is 12.8. The van der Waals surface area contributed by atoms with Gasteiger partial charge in [0.05, 0.1) is 36.4 Å². The Labute approximate surface area is 164 Å². The molecule has 0 saturated carbocycles. The molecule has 1 N–H and O–H groups in total. The van der Waals surface area contributed by atoms with E-state index < -0.39 is 10.0 Å². The van der Waals surface area contributed by atoms with E-state index in [1.807, 2.05) is 0 Å². The van der Waals surface area contributed by atoms with Crippen LogP contribution in [0.3, 0.4) is 0 Å². The second kappa shape index (κ2) is 9.16. The van der Waals surface area contributed by atoms with Crippen LogP contribution in [0.5, 0.6) is 17.2 Å². The molecule has 0 atom stereocenters. The molecule has 0 aromatic heterocycles. The van der Waals surface area contributed by atoms with Crippen molar-refractivity contribution in [2.45, 2.75) is 11.8 Å². The summed E-state index contributed by atoms with van der Waals surface area (Å²) in [4.78, 5) is 0.0926. The lowest BCUT2D eigenvalue weighted by Gasteiger charge is -2.15. The van der Waals surface area contributed by atoms with Gasteiger partial charge in [-0.1, -0.05) is 11.6 Å². The zero-order valence-corrected chi connectivity index (χ0v) is 17.1. The van der Waals surface area contributed by atoms with E-state index in [-0.39, 0.29) is 16.3 Å². The number of rotatable bonds is 9. The minimum Gasteiger partial charge on any atom is -0.495 e. The third-order valence-corrected chi connectivity index (χ3v) is 5.38. The van der Waals surface area contributed by atoms with Crippen LogP contribution in [0, 0.1) is 6.92 Å². The summed E-state index contributed by atoms with van der Waals surface area (Å²) >= 11 is 6.05. The standard InChI is InChI=1S/C18H22ClNO6S/c1-12-9-13(5-6-16(12)26-8-7-23-2)27(21,22)20-15-11-17(24-3)14(19)10-18(15)25-4/h5-6,9-11,20H,7-8H2,1-4H3. The third kappa shape index (κ3) is 5.18. The van der Waals surface area contributed by atoms with Crippen molar-refractivity contribution in [3.8, 4) is 17.2 Å². The van der Waals surface area contributed by atoms with E-state index in [1.54, 1.807) is 20.1 Å². The summed E-state index contributed by atoms with van der Waals surface area (Å²) in [7, 11) is 0.589. The highest BCUT2D eigenvalue weighted by Gasteiger charge is 2.19. The molecule has 2 aromatic rings. The molecule has 0 bridgehead atoms. The van der Waals surface area contributed by atoms with Crippen molar-refractivity contribution >= 4 is 27.3 Å². The molecule has 148 valence electrons. The lowest BCUT2D eigenvalue weighted by molar-refractivity contribution is 0.146. The molecule has 0 fully saturated rings. The van der Waals surface area contributed by atoms with Gasteiger partial charge in [0.25, 0.3) is 10.0 Å². The van der Waals surface area contributed by atoms with E-state index in [4.69, 9.17) is 30.5 Å². The van der Waals surface area contributed by atoms with Crippen LogP contribution >= 0.6 is 11.6 Å². The number of nitrogens with one attached hydrogen (secondary N) is 1. The van der Waals surface area contributed by atoms with E-state index in [2.05, 4.69) is 4.72 Å². The molecular weight excluding hydrogens is 394 g/mol. The Balaban J connectivity index is 2.30. The van der Waals surface area contributed by atoms with E-state index >= 15 is 0 Å². The molecule has 7 nitrogen and oxygen atoms in total. The first-order valence-electron chi connectivity index (χ1n) is 7.99. The molecule has 2 aromatic carbocycles. The number of sulfonamides is 1. The first-order chi connectivity index (χ1) is 12.8. The Bertz CT molecular complexity index is 901. The van der Waals surface area contributed by atoms with Gasteiger partial charge in [-0.3, -0.25) is 4.72 Å². The molecule has 0 amide bonds. The number of methoxy groups -OCH3 is 3. The topological polar surface area (TPSA) is 83.1 Å². The fraction of sp³-hybridized carbons (Fsp3) is 0.333. The maximum atomic E-state index is 12.8. The molecular formula is C18H22ClNO6S. The van der Waals surface area contributed by atoms with Crippen molar-refractivity contribution in [2.75, 3.05) is 39.3 Å². The second-order valence-corrected chi connectivity index (χ2v) is 7.65. The molecule has 0 radical (unpaired) electrons. The molecule has 0 heterocycles. The van der Waals surface area contributed by atoms with Gasteiger partial charge in [-0.15, -0.1) is 0 Å². The van der Waals surface area contributed by atoms with Crippen molar-refractivity contribution in [3.63, 3.8) is 0 Å². The fourth-order valence-corrected chi connectivity index (χ4v) is 3.71. The van der Waals surface area contributed by atoms with Gasteiger partial charge in [-0.25, -0.2) is 8.42 Å². The van der Waals surface area contributed by atoms with Gasteiger partial charge in [-0.2, -0.15) is 0 Å². The molecule has 9 heteroatoms. The van der Waals surface area contributed by atoms with Crippen molar-refractivity contribution in [1.29, 1.82) is 0 Å². The van der Waals surface area contributed by atoms with E-state index in [9.17, 15) is 8.42 Å². The normalized spacial score (nSPS) is 11.1. The summed E-state index contributed by atoms with van der Waals surface area (Å²) in [5.41, 5.74) is 0.909. The quantitative estimate of drug-likeness (QED) is 0.631. The lowest BCUT2D eigenvalue weighted by atomic mass is 10.2. The van der Waals surface area contributed by atoms with Crippen molar-refractivity contribution < 1.29 is 27.4 Å². The van der Waals surface area contributed by atoms with Crippen molar-refractivity contribution in [3.05, 3.63) is 40.9 Å². The summed E-state index contributed by atoms with van der Waals surface area (Å²) < 4.78 is 48.9. The Morgan fingerprint density at radius 3 is 2.26 bits per heavy atom. The van der Waals surface area contributed by atoms with Crippen LogP contribution < -0.4 is 18.9 Å². The molecule has 0 saturated heterocycles. The molecule has 2 rings (SSSR count). The number of benzene rings is 2. The average molecular weight is 416 g/mol. The summed E-state index contributed by atoms with van der Waals surface area (Å²) in [6, 6.07) is 7.56. The Kier molecular flexibility index (Phi) is 7.18. The van der Waals surface area contributed by atoms with Crippen LogP contribution in [0.25, 0.3) is 0 Å². The zero-order chi connectivity index (χ0) is 20.0. The van der Waals surface area contributed by atoms with Crippen molar-refractivity contribution in [2.24, 2.45) is 0 Å². The molecule has 0 aliphatic rings. The largest absolute Gasteiger partial charge is 0.495 e. The van der Waals surface area contributed by atoms with Crippen LogP contribution in [0.4, 0.5) is 5.69 Å². The van der Waals surface area contributed by atoms with Crippen LogP contribution in [0.1, 0.15) is 5.56 Å². The highest BCUT2D eigenvalue weighted by atomic mass is 35.5. The van der Waals surface area contributed by atoms with E-state index in [0.717, 1.165) is 0 Å². The molecule has 0 unspecified atom stereocenters. The number of halogens is 1. The lowest BCUT2D eigenvalue weighted by Crippen LogP contribution is -2.14. The Morgan fingerprint density at radius 1 is 0.963 bits per heavy atom. The highest BCUT2D eigenvalue weighted by molar-refractivity contribution is 7.92. The van der Waals surface area contributed by atoms with Gasteiger partial charge in [0.2, 0.25) is 0 Å². The first kappa shape index (κ1) is 21.1. The molecule has 27 heavy (non-hydrogen) atoms. The van der Waals surface area contributed by atoms with Crippen LogP contribution in [-0.2, 0) is 14.8 Å². The van der Waals surface area contributed by atoms with Gasteiger partial charge < -0.3 is 18.9 Å². The number of hydrogen-bond donors (Lipinski definition) is 1. The number of ether oxygens (including phenoxy) is 4. The van der Waals surface area contributed by atoms with Gasteiger partial charge >= 0.3 is 0 Å². The second-order valence-electron chi connectivity index (χ2n) is 5.56.